The van der Waals surface area contributed by atoms with E-state index in [1.54, 1.807) is 14.2 Å². The highest BCUT2D eigenvalue weighted by Gasteiger charge is 2.25. The van der Waals surface area contributed by atoms with Gasteiger partial charge in [-0.05, 0) is 43.0 Å². The molecule has 1 aromatic heterocycles. The van der Waals surface area contributed by atoms with Crippen LogP contribution < -0.4 is 14.8 Å². The Morgan fingerprint density at radius 1 is 0.941 bits per heavy atom. The van der Waals surface area contributed by atoms with E-state index in [1.165, 1.54) is 5.56 Å². The predicted molar refractivity (Wildman–Crippen MR) is 137 cm³/mol. The predicted octanol–water partition coefficient (Wildman–Crippen LogP) is 5.84. The van der Waals surface area contributed by atoms with Crippen LogP contribution in [-0.4, -0.2) is 31.2 Å². The maximum absolute atomic E-state index is 13.2. The Morgan fingerprint density at radius 2 is 1.71 bits per heavy atom. The Balaban J connectivity index is 1.57. The van der Waals surface area contributed by atoms with Crippen LogP contribution >= 0.6 is 0 Å². The van der Waals surface area contributed by atoms with Gasteiger partial charge in [-0.1, -0.05) is 54.6 Å². The van der Waals surface area contributed by atoms with Crippen LogP contribution in [-0.2, 0) is 11.2 Å². The molecule has 34 heavy (non-hydrogen) atoms. The highest BCUT2D eigenvalue weighted by atomic mass is 16.5. The van der Waals surface area contributed by atoms with Crippen molar-refractivity contribution in [2.24, 2.45) is 0 Å². The number of aryl methyl sites for hydroxylation is 1. The molecule has 2 N–H and O–H groups in total. The van der Waals surface area contributed by atoms with Crippen LogP contribution in [0.1, 0.15) is 42.4 Å². The lowest BCUT2D eigenvalue weighted by Crippen LogP contribution is -2.34. The first-order chi connectivity index (χ1) is 16.6. The van der Waals surface area contributed by atoms with Gasteiger partial charge in [0.1, 0.15) is 11.5 Å². The van der Waals surface area contributed by atoms with E-state index in [0.717, 1.165) is 40.6 Å². The molecule has 0 saturated heterocycles. The van der Waals surface area contributed by atoms with E-state index in [4.69, 9.17) is 9.47 Å². The molecule has 0 aliphatic carbocycles. The normalized spacial score (nSPS) is 12.8. The molecule has 1 heterocycles. The van der Waals surface area contributed by atoms with Crippen molar-refractivity contribution < 1.29 is 14.3 Å². The van der Waals surface area contributed by atoms with Crippen molar-refractivity contribution in [2.45, 2.75) is 38.1 Å². The van der Waals surface area contributed by atoms with E-state index in [9.17, 15) is 4.79 Å². The average Bonchev–Trinajstić information content (AvgIpc) is 3.30. The zero-order valence-electron chi connectivity index (χ0n) is 20.0. The first-order valence-electron chi connectivity index (χ1n) is 11.7. The second-order valence-corrected chi connectivity index (χ2v) is 8.65. The number of benzene rings is 3. The van der Waals surface area contributed by atoms with E-state index in [0.29, 0.717) is 12.2 Å². The number of carbonyl (C=O) groups excluding carboxylic acids is 1. The molecule has 3 aromatic carbocycles. The van der Waals surface area contributed by atoms with Crippen molar-refractivity contribution in [3.05, 3.63) is 95.7 Å². The van der Waals surface area contributed by atoms with E-state index in [-0.39, 0.29) is 17.9 Å². The number of hydrogen-bond acceptors (Lipinski definition) is 3. The smallest absolute Gasteiger partial charge is 0.221 e. The third-order valence-electron chi connectivity index (χ3n) is 6.32. The largest absolute Gasteiger partial charge is 0.497 e. The average molecular weight is 457 g/mol. The molecule has 0 aliphatic rings. The highest BCUT2D eigenvalue weighted by molar-refractivity contribution is 5.86. The quantitative estimate of drug-likeness (QED) is 0.315. The lowest BCUT2D eigenvalue weighted by atomic mass is 9.87. The molecule has 0 saturated carbocycles. The van der Waals surface area contributed by atoms with Gasteiger partial charge in [-0.15, -0.1) is 0 Å². The number of H-pyrrole nitrogens is 1. The van der Waals surface area contributed by atoms with Crippen molar-refractivity contribution in [2.75, 3.05) is 14.2 Å². The topological polar surface area (TPSA) is 63.3 Å². The molecule has 4 rings (SSSR count). The minimum absolute atomic E-state index is 0.0220. The van der Waals surface area contributed by atoms with Gasteiger partial charge in [0.25, 0.3) is 0 Å². The maximum Gasteiger partial charge on any atom is 0.221 e. The van der Waals surface area contributed by atoms with Crippen molar-refractivity contribution >= 4 is 16.8 Å². The molecule has 4 aromatic rings. The fraction of sp³-hybridized carbons (Fsp3) is 0.276. The number of para-hydroxylation sites is 1. The van der Waals surface area contributed by atoms with Gasteiger partial charge in [0, 0.05) is 47.1 Å². The summed E-state index contributed by atoms with van der Waals surface area (Å²) in [7, 11) is 3.28. The zero-order chi connectivity index (χ0) is 23.9. The summed E-state index contributed by atoms with van der Waals surface area (Å²) in [4.78, 5) is 16.6. The molecule has 0 bridgehead atoms. The maximum atomic E-state index is 13.2. The van der Waals surface area contributed by atoms with Gasteiger partial charge >= 0.3 is 0 Å². The van der Waals surface area contributed by atoms with Crippen LogP contribution in [0.2, 0.25) is 0 Å². The minimum atomic E-state index is -0.168. The lowest BCUT2D eigenvalue weighted by Gasteiger charge is -2.22. The summed E-state index contributed by atoms with van der Waals surface area (Å²) in [6.07, 6.45) is 4.14. The van der Waals surface area contributed by atoms with Gasteiger partial charge in [0.15, 0.2) is 0 Å². The van der Waals surface area contributed by atoms with Crippen molar-refractivity contribution in [1.82, 2.24) is 10.3 Å². The third kappa shape index (κ3) is 5.42. The Bertz CT molecular complexity index is 1230. The summed E-state index contributed by atoms with van der Waals surface area (Å²) in [6, 6.07) is 24.4. The fourth-order valence-corrected chi connectivity index (χ4v) is 4.50. The number of aromatic nitrogens is 1. The molecule has 0 unspecified atom stereocenters. The standard InChI is InChI=1S/C29H32N2O3/c1-20(13-14-21-9-5-4-6-10-21)31-29(32)18-25(24-16-15-22(33-2)17-28(24)34-3)26-19-30-27-12-8-7-11-23(26)27/h4-12,15-17,19-20,25,30H,13-14,18H2,1-3H3,(H,31,32)/t20-,25-/m1/s1. The van der Waals surface area contributed by atoms with Crippen LogP contribution in [0.15, 0.2) is 79.0 Å². The molecule has 0 aliphatic heterocycles. The minimum Gasteiger partial charge on any atom is -0.497 e. The van der Waals surface area contributed by atoms with Gasteiger partial charge in [-0.2, -0.15) is 0 Å². The number of amides is 1. The van der Waals surface area contributed by atoms with Gasteiger partial charge in [-0.25, -0.2) is 0 Å². The Labute approximate surface area is 201 Å². The summed E-state index contributed by atoms with van der Waals surface area (Å²) in [5, 5.41) is 4.31. The number of hydrogen-bond donors (Lipinski definition) is 2. The lowest BCUT2D eigenvalue weighted by molar-refractivity contribution is -0.121. The zero-order valence-corrected chi connectivity index (χ0v) is 20.0. The molecule has 176 valence electrons. The number of aromatic amines is 1. The number of ether oxygens (including phenoxy) is 2. The second-order valence-electron chi connectivity index (χ2n) is 8.65. The molecule has 0 fully saturated rings. The monoisotopic (exact) mass is 456 g/mol. The van der Waals surface area contributed by atoms with Crippen molar-refractivity contribution in [3.8, 4) is 11.5 Å². The molecule has 0 spiro atoms. The molecule has 5 heteroatoms. The van der Waals surface area contributed by atoms with Gasteiger partial charge in [-0.3, -0.25) is 4.79 Å². The first kappa shape index (κ1) is 23.4. The number of carbonyl (C=O) groups is 1. The van der Waals surface area contributed by atoms with E-state index in [2.05, 4.69) is 35.4 Å². The molecule has 1 amide bonds. The number of nitrogens with one attached hydrogen (secondary N) is 2. The van der Waals surface area contributed by atoms with E-state index < -0.39 is 0 Å². The van der Waals surface area contributed by atoms with Crippen LogP contribution in [0, 0.1) is 0 Å². The fourth-order valence-electron chi connectivity index (χ4n) is 4.50. The molecular formula is C29H32N2O3. The summed E-state index contributed by atoms with van der Waals surface area (Å²) >= 11 is 0. The molecular weight excluding hydrogens is 424 g/mol. The summed E-state index contributed by atoms with van der Waals surface area (Å²) in [6.45, 7) is 2.06. The summed E-state index contributed by atoms with van der Waals surface area (Å²) < 4.78 is 11.1. The summed E-state index contributed by atoms with van der Waals surface area (Å²) in [5.74, 6) is 1.28. The van der Waals surface area contributed by atoms with Gasteiger partial charge in [0.05, 0.1) is 14.2 Å². The third-order valence-corrected chi connectivity index (χ3v) is 6.32. The number of fused-ring (bicyclic) bond motifs is 1. The second kappa shape index (κ2) is 10.9. The Morgan fingerprint density at radius 3 is 2.47 bits per heavy atom. The van der Waals surface area contributed by atoms with Gasteiger partial charge in [0.2, 0.25) is 5.91 Å². The van der Waals surface area contributed by atoms with Crippen LogP contribution in [0.25, 0.3) is 10.9 Å². The number of methoxy groups -OCH3 is 2. The van der Waals surface area contributed by atoms with Crippen LogP contribution in [0.4, 0.5) is 0 Å². The molecule has 0 radical (unpaired) electrons. The van der Waals surface area contributed by atoms with Gasteiger partial charge < -0.3 is 19.8 Å². The highest BCUT2D eigenvalue weighted by Crippen LogP contribution is 2.39. The molecule has 2 atom stereocenters. The number of rotatable bonds is 10. The van der Waals surface area contributed by atoms with Crippen molar-refractivity contribution in [1.29, 1.82) is 0 Å². The summed E-state index contributed by atoms with van der Waals surface area (Å²) in [5.41, 5.74) is 4.36. The van der Waals surface area contributed by atoms with Crippen LogP contribution in [0.3, 0.4) is 0 Å². The first-order valence-corrected chi connectivity index (χ1v) is 11.7. The van der Waals surface area contributed by atoms with Crippen LogP contribution in [0.5, 0.6) is 11.5 Å². The SMILES string of the molecule is COc1ccc([C@@H](CC(=O)N[C@H](C)CCc2ccccc2)c2c[nH]c3ccccc23)c(OC)c1. The Kier molecular flexibility index (Phi) is 7.53. The Hall–Kier alpha value is -3.73. The van der Waals surface area contributed by atoms with E-state index in [1.807, 2.05) is 60.8 Å². The van der Waals surface area contributed by atoms with Crippen molar-refractivity contribution in [3.63, 3.8) is 0 Å². The molecule has 5 nitrogen and oxygen atoms in total. The van der Waals surface area contributed by atoms with E-state index >= 15 is 0 Å².